The number of carbonyl (C=O) groups excluding carboxylic acids is 1. The highest BCUT2D eigenvalue weighted by molar-refractivity contribution is 6.32. The Morgan fingerprint density at radius 3 is 3.11 bits per heavy atom. The molecular weight excluding hydrogens is 272 g/mol. The molecule has 0 aromatic carbocycles. The van der Waals surface area contributed by atoms with E-state index in [-0.39, 0.29) is 22.4 Å². The molecule has 1 atom stereocenters. The number of hydrogen-bond acceptors (Lipinski definition) is 5. The quantitative estimate of drug-likeness (QED) is 0.491. The molecule has 1 amide bonds. The SMILES string of the molecule is O=C(NCC1CCCN1)c1cc([N+](=O)[O-])cnc1Cl. The Balaban J connectivity index is 2.04. The van der Waals surface area contributed by atoms with Crippen LogP contribution < -0.4 is 10.6 Å². The van der Waals surface area contributed by atoms with Gasteiger partial charge >= 0.3 is 0 Å². The van der Waals surface area contributed by atoms with Crippen LogP contribution in [-0.2, 0) is 0 Å². The van der Waals surface area contributed by atoms with Crippen LogP contribution in [0.3, 0.4) is 0 Å². The molecule has 7 nitrogen and oxygen atoms in total. The summed E-state index contributed by atoms with van der Waals surface area (Å²) in [4.78, 5) is 25.6. The van der Waals surface area contributed by atoms with Crippen molar-refractivity contribution >= 4 is 23.2 Å². The fraction of sp³-hybridized carbons (Fsp3) is 0.455. The van der Waals surface area contributed by atoms with Gasteiger partial charge in [0, 0.05) is 18.7 Å². The second kappa shape index (κ2) is 5.94. The lowest BCUT2D eigenvalue weighted by molar-refractivity contribution is -0.385. The number of rotatable bonds is 4. The van der Waals surface area contributed by atoms with Gasteiger partial charge in [-0.15, -0.1) is 0 Å². The van der Waals surface area contributed by atoms with Crippen molar-refractivity contribution in [2.45, 2.75) is 18.9 Å². The largest absolute Gasteiger partial charge is 0.350 e. The van der Waals surface area contributed by atoms with Crippen LogP contribution in [-0.4, -0.2) is 34.9 Å². The summed E-state index contributed by atoms with van der Waals surface area (Å²) in [6.45, 7) is 1.41. The number of pyridine rings is 1. The zero-order valence-electron chi connectivity index (χ0n) is 10.1. The summed E-state index contributed by atoms with van der Waals surface area (Å²) in [7, 11) is 0. The van der Waals surface area contributed by atoms with E-state index >= 15 is 0 Å². The van der Waals surface area contributed by atoms with Crippen LogP contribution in [0.2, 0.25) is 5.15 Å². The molecule has 8 heteroatoms. The van der Waals surface area contributed by atoms with Gasteiger partial charge in [0.1, 0.15) is 11.3 Å². The summed E-state index contributed by atoms with van der Waals surface area (Å²) in [5, 5.41) is 16.5. The third kappa shape index (κ3) is 3.39. The highest BCUT2D eigenvalue weighted by Crippen LogP contribution is 2.19. The molecule has 102 valence electrons. The number of nitro groups is 1. The van der Waals surface area contributed by atoms with Gasteiger partial charge in [0.05, 0.1) is 10.5 Å². The van der Waals surface area contributed by atoms with Crippen molar-refractivity contribution in [2.75, 3.05) is 13.1 Å². The molecule has 2 rings (SSSR count). The molecule has 0 aliphatic carbocycles. The molecule has 1 aromatic heterocycles. The van der Waals surface area contributed by atoms with Crippen LogP contribution >= 0.6 is 11.6 Å². The number of amides is 1. The lowest BCUT2D eigenvalue weighted by atomic mass is 10.2. The second-order valence-electron chi connectivity index (χ2n) is 4.29. The maximum Gasteiger partial charge on any atom is 0.288 e. The van der Waals surface area contributed by atoms with E-state index in [2.05, 4.69) is 15.6 Å². The van der Waals surface area contributed by atoms with Gasteiger partial charge in [-0.3, -0.25) is 14.9 Å². The molecule has 2 N–H and O–H groups in total. The summed E-state index contributed by atoms with van der Waals surface area (Å²) in [5.74, 6) is -0.449. The minimum absolute atomic E-state index is 0.0221. The molecule has 0 bridgehead atoms. The summed E-state index contributed by atoms with van der Waals surface area (Å²) >= 11 is 5.78. The number of aromatic nitrogens is 1. The smallest absolute Gasteiger partial charge is 0.288 e. The molecule has 0 saturated carbocycles. The van der Waals surface area contributed by atoms with Crippen LogP contribution in [0.25, 0.3) is 0 Å². The van der Waals surface area contributed by atoms with Crippen molar-refractivity contribution in [2.24, 2.45) is 0 Å². The number of carbonyl (C=O) groups is 1. The van der Waals surface area contributed by atoms with Crippen molar-refractivity contribution in [3.8, 4) is 0 Å². The third-order valence-corrected chi connectivity index (χ3v) is 3.25. The van der Waals surface area contributed by atoms with Gasteiger partial charge in [-0.1, -0.05) is 11.6 Å². The topological polar surface area (TPSA) is 97.2 Å². The molecule has 1 aliphatic heterocycles. The Morgan fingerprint density at radius 2 is 2.47 bits per heavy atom. The molecule has 1 fully saturated rings. The Labute approximate surface area is 114 Å². The van der Waals surface area contributed by atoms with E-state index in [9.17, 15) is 14.9 Å². The fourth-order valence-corrected chi connectivity index (χ4v) is 2.13. The molecule has 1 unspecified atom stereocenters. The minimum atomic E-state index is -0.612. The Hall–Kier alpha value is -1.73. The minimum Gasteiger partial charge on any atom is -0.350 e. The lowest BCUT2D eigenvalue weighted by Crippen LogP contribution is -2.37. The first-order chi connectivity index (χ1) is 9.08. The van der Waals surface area contributed by atoms with Crippen molar-refractivity contribution in [3.05, 3.63) is 33.1 Å². The van der Waals surface area contributed by atoms with E-state index in [1.54, 1.807) is 0 Å². The summed E-state index contributed by atoms with van der Waals surface area (Å²) in [6, 6.07) is 1.38. The molecule has 1 saturated heterocycles. The van der Waals surface area contributed by atoms with Gasteiger partial charge in [0.25, 0.3) is 11.6 Å². The van der Waals surface area contributed by atoms with Gasteiger partial charge < -0.3 is 10.6 Å². The fourth-order valence-electron chi connectivity index (χ4n) is 1.94. The summed E-state index contributed by atoms with van der Waals surface area (Å²) < 4.78 is 0. The van der Waals surface area contributed by atoms with Crippen LogP contribution in [0.15, 0.2) is 12.3 Å². The molecule has 1 aromatic rings. The van der Waals surface area contributed by atoms with Crippen molar-refractivity contribution in [1.29, 1.82) is 0 Å². The standard InChI is InChI=1S/C11H13ClN4O3/c12-10-9(4-8(6-14-10)16(18)19)11(17)15-5-7-2-1-3-13-7/h4,6-7,13H,1-3,5H2,(H,15,17). The zero-order valence-corrected chi connectivity index (χ0v) is 10.8. The number of nitrogens with one attached hydrogen (secondary N) is 2. The van der Waals surface area contributed by atoms with Gasteiger partial charge in [0.15, 0.2) is 0 Å². The molecule has 0 spiro atoms. The van der Waals surface area contributed by atoms with Crippen molar-refractivity contribution < 1.29 is 9.72 Å². The summed E-state index contributed by atoms with van der Waals surface area (Å²) in [6.07, 6.45) is 3.11. The van der Waals surface area contributed by atoms with Gasteiger partial charge in [-0.05, 0) is 19.4 Å². The maximum absolute atomic E-state index is 11.9. The average molecular weight is 285 g/mol. The monoisotopic (exact) mass is 284 g/mol. The highest BCUT2D eigenvalue weighted by Gasteiger charge is 2.19. The summed E-state index contributed by atoms with van der Waals surface area (Å²) in [5.41, 5.74) is -0.234. The lowest BCUT2D eigenvalue weighted by Gasteiger charge is -2.11. The number of hydrogen-bond donors (Lipinski definition) is 2. The first-order valence-electron chi connectivity index (χ1n) is 5.89. The predicted octanol–water partition coefficient (Wildman–Crippen LogP) is 1.12. The van der Waals surface area contributed by atoms with E-state index in [0.717, 1.165) is 31.6 Å². The predicted molar refractivity (Wildman–Crippen MR) is 69.3 cm³/mol. The average Bonchev–Trinajstić information content (AvgIpc) is 2.89. The van der Waals surface area contributed by atoms with E-state index in [1.165, 1.54) is 0 Å². The maximum atomic E-state index is 11.9. The van der Waals surface area contributed by atoms with Crippen LogP contribution in [0.4, 0.5) is 5.69 Å². The second-order valence-corrected chi connectivity index (χ2v) is 4.65. The van der Waals surface area contributed by atoms with Gasteiger partial charge in [0.2, 0.25) is 0 Å². The zero-order chi connectivity index (χ0) is 13.8. The normalized spacial score (nSPS) is 18.3. The Kier molecular flexibility index (Phi) is 4.28. The molecule has 19 heavy (non-hydrogen) atoms. The number of nitrogens with zero attached hydrogens (tertiary/aromatic N) is 2. The Morgan fingerprint density at radius 1 is 1.68 bits per heavy atom. The van der Waals surface area contributed by atoms with E-state index in [4.69, 9.17) is 11.6 Å². The molecule has 0 radical (unpaired) electrons. The van der Waals surface area contributed by atoms with Gasteiger partial charge in [-0.25, -0.2) is 4.98 Å². The van der Waals surface area contributed by atoms with Crippen molar-refractivity contribution in [3.63, 3.8) is 0 Å². The number of halogens is 1. The molecular formula is C11H13ClN4O3. The molecule has 1 aliphatic rings. The van der Waals surface area contributed by atoms with Gasteiger partial charge in [-0.2, -0.15) is 0 Å². The van der Waals surface area contributed by atoms with Crippen LogP contribution in [0.1, 0.15) is 23.2 Å². The van der Waals surface area contributed by atoms with Crippen LogP contribution in [0, 0.1) is 10.1 Å². The van der Waals surface area contributed by atoms with Crippen LogP contribution in [0.5, 0.6) is 0 Å². The van der Waals surface area contributed by atoms with E-state index in [0.29, 0.717) is 6.54 Å². The Bertz CT molecular complexity index is 503. The molecule has 2 heterocycles. The third-order valence-electron chi connectivity index (χ3n) is 2.95. The van der Waals surface area contributed by atoms with Crippen molar-refractivity contribution in [1.82, 2.24) is 15.6 Å². The first kappa shape index (κ1) is 13.7. The van der Waals surface area contributed by atoms with E-state index in [1.807, 2.05) is 0 Å². The highest BCUT2D eigenvalue weighted by atomic mass is 35.5. The van der Waals surface area contributed by atoms with E-state index < -0.39 is 10.8 Å². The first-order valence-corrected chi connectivity index (χ1v) is 6.27.